The van der Waals surface area contributed by atoms with E-state index in [9.17, 15) is 4.79 Å². The minimum Gasteiger partial charge on any atom is -0.409 e. The molecule has 0 saturated heterocycles. The Morgan fingerprint density at radius 1 is 0.964 bits per heavy atom. The Bertz CT molecular complexity index is 795. The van der Waals surface area contributed by atoms with Crippen molar-refractivity contribution in [1.82, 2.24) is 0 Å². The van der Waals surface area contributed by atoms with E-state index in [4.69, 9.17) is 21.1 Å². The molecule has 0 radical (unpaired) electrons. The van der Waals surface area contributed by atoms with Gasteiger partial charge in [0.1, 0.15) is 5.75 Å². The number of anilines is 1. The summed E-state index contributed by atoms with van der Waals surface area (Å²) in [6.45, 7) is 13.1. The summed E-state index contributed by atoms with van der Waals surface area (Å²) in [5.74, 6) is 0.603. The fraction of sp³-hybridized carbons (Fsp3) is 0.435. The zero-order chi connectivity index (χ0) is 21.1. The molecule has 0 unspecified atom stereocenters. The van der Waals surface area contributed by atoms with E-state index in [1.807, 2.05) is 0 Å². The highest BCUT2D eigenvalue weighted by Gasteiger charge is 2.29. The molecule has 2 aromatic carbocycles. The largest absolute Gasteiger partial charge is 0.417 e. The Morgan fingerprint density at radius 2 is 1.46 bits per heavy atom. The molecule has 4 nitrogen and oxygen atoms in total. The average Bonchev–Trinajstić information content (AvgIpc) is 2.56. The predicted octanol–water partition coefficient (Wildman–Crippen LogP) is 6.69. The molecule has 0 aromatic heterocycles. The fourth-order valence-corrected chi connectivity index (χ4v) is 3.06. The fourth-order valence-electron chi connectivity index (χ4n) is 2.93. The van der Waals surface area contributed by atoms with E-state index in [0.717, 1.165) is 16.7 Å². The first-order valence-electron chi connectivity index (χ1n) is 9.33. The number of ether oxygens (including phenoxy) is 2. The van der Waals surface area contributed by atoms with Gasteiger partial charge in [0.05, 0.1) is 6.61 Å². The van der Waals surface area contributed by atoms with Crippen LogP contribution in [0.4, 0.5) is 10.5 Å². The molecule has 5 heteroatoms. The molecule has 0 fully saturated rings. The van der Waals surface area contributed by atoms with Crippen LogP contribution in [0.5, 0.6) is 5.75 Å². The quantitative estimate of drug-likeness (QED) is 0.618. The number of nitrogens with one attached hydrogen (secondary N) is 1. The molecule has 0 aliphatic rings. The standard InChI is InChI=1S/C23H30ClNO3/c1-22(2,3)18-12-15(14-27-7)13-19(23(4,5)6)20(18)28-21(26)25-17-10-8-16(24)9-11-17/h8-13H,14H2,1-7H3,(H,25,26). The lowest BCUT2D eigenvalue weighted by atomic mass is 9.78. The first-order chi connectivity index (χ1) is 12.9. The highest BCUT2D eigenvalue weighted by Crippen LogP contribution is 2.41. The molecule has 0 saturated carbocycles. The number of amides is 1. The maximum atomic E-state index is 12.6. The van der Waals surface area contributed by atoms with Crippen molar-refractivity contribution in [2.75, 3.05) is 12.4 Å². The van der Waals surface area contributed by atoms with Crippen LogP contribution in [0.1, 0.15) is 58.2 Å². The Kier molecular flexibility index (Phi) is 6.79. The molecule has 2 aromatic rings. The molecular formula is C23H30ClNO3. The summed E-state index contributed by atoms with van der Waals surface area (Å²) >= 11 is 5.91. The van der Waals surface area contributed by atoms with Gasteiger partial charge in [-0.3, -0.25) is 5.32 Å². The van der Waals surface area contributed by atoms with Crippen molar-refractivity contribution in [3.8, 4) is 5.75 Å². The summed E-state index contributed by atoms with van der Waals surface area (Å²) in [4.78, 5) is 12.6. The zero-order valence-corrected chi connectivity index (χ0v) is 18.5. The first kappa shape index (κ1) is 22.3. The van der Waals surface area contributed by atoms with Crippen LogP contribution >= 0.6 is 11.6 Å². The number of carbonyl (C=O) groups excluding carboxylic acids is 1. The second-order valence-corrected chi connectivity index (χ2v) is 9.41. The van der Waals surface area contributed by atoms with Gasteiger partial charge in [-0.1, -0.05) is 53.1 Å². The van der Waals surface area contributed by atoms with Gasteiger partial charge in [0.15, 0.2) is 0 Å². The lowest BCUT2D eigenvalue weighted by Crippen LogP contribution is -2.25. The molecule has 0 aliphatic heterocycles. The first-order valence-corrected chi connectivity index (χ1v) is 9.71. The van der Waals surface area contributed by atoms with Crippen LogP contribution in [0.3, 0.4) is 0 Å². The summed E-state index contributed by atoms with van der Waals surface area (Å²) in [5, 5.41) is 3.38. The predicted molar refractivity (Wildman–Crippen MR) is 116 cm³/mol. The van der Waals surface area contributed by atoms with E-state index in [-0.39, 0.29) is 10.8 Å². The second-order valence-electron chi connectivity index (χ2n) is 8.97. The third kappa shape index (κ3) is 5.73. The van der Waals surface area contributed by atoms with Gasteiger partial charge in [-0.25, -0.2) is 4.79 Å². The normalized spacial score (nSPS) is 12.0. The zero-order valence-electron chi connectivity index (χ0n) is 17.8. The Hall–Kier alpha value is -2.04. The topological polar surface area (TPSA) is 47.6 Å². The van der Waals surface area contributed by atoms with Gasteiger partial charge in [-0.15, -0.1) is 0 Å². The van der Waals surface area contributed by atoms with Crippen LogP contribution in [0, 0.1) is 0 Å². The van der Waals surface area contributed by atoms with Crippen molar-refractivity contribution in [2.45, 2.75) is 59.0 Å². The molecule has 1 amide bonds. The molecule has 0 spiro atoms. The van der Waals surface area contributed by atoms with Gasteiger partial charge in [-0.2, -0.15) is 0 Å². The van der Waals surface area contributed by atoms with Gasteiger partial charge >= 0.3 is 6.09 Å². The highest BCUT2D eigenvalue weighted by molar-refractivity contribution is 6.30. The van der Waals surface area contributed by atoms with Crippen molar-refractivity contribution in [3.63, 3.8) is 0 Å². The van der Waals surface area contributed by atoms with E-state index in [0.29, 0.717) is 23.1 Å². The number of carbonyl (C=O) groups is 1. The van der Waals surface area contributed by atoms with Gasteiger partial charge < -0.3 is 9.47 Å². The van der Waals surface area contributed by atoms with Crippen LogP contribution in [-0.2, 0) is 22.2 Å². The molecule has 152 valence electrons. The van der Waals surface area contributed by atoms with Crippen LogP contribution in [0.15, 0.2) is 36.4 Å². The van der Waals surface area contributed by atoms with Crippen LogP contribution in [-0.4, -0.2) is 13.2 Å². The third-order valence-electron chi connectivity index (χ3n) is 4.36. The number of benzene rings is 2. The van der Waals surface area contributed by atoms with E-state index in [1.54, 1.807) is 31.4 Å². The van der Waals surface area contributed by atoms with Crippen molar-refractivity contribution >= 4 is 23.4 Å². The van der Waals surface area contributed by atoms with E-state index >= 15 is 0 Å². The molecule has 0 bridgehead atoms. The lowest BCUT2D eigenvalue weighted by Gasteiger charge is -2.30. The van der Waals surface area contributed by atoms with Crippen molar-refractivity contribution in [2.24, 2.45) is 0 Å². The van der Waals surface area contributed by atoms with Crippen LogP contribution in [0.25, 0.3) is 0 Å². The van der Waals surface area contributed by atoms with Gasteiger partial charge in [-0.05, 0) is 52.8 Å². The number of hydrogen-bond acceptors (Lipinski definition) is 3. The van der Waals surface area contributed by atoms with E-state index in [1.165, 1.54) is 0 Å². The Labute approximate surface area is 173 Å². The molecule has 2 rings (SSSR count). The summed E-state index contributed by atoms with van der Waals surface area (Å²) in [7, 11) is 1.68. The molecule has 0 aliphatic carbocycles. The number of methoxy groups -OCH3 is 1. The minimum atomic E-state index is -0.530. The number of hydrogen-bond donors (Lipinski definition) is 1. The minimum absolute atomic E-state index is 0.209. The van der Waals surface area contributed by atoms with Crippen molar-refractivity contribution in [3.05, 3.63) is 58.1 Å². The second kappa shape index (κ2) is 8.54. The summed E-state index contributed by atoms with van der Waals surface area (Å²) in [6, 6.07) is 11.0. The van der Waals surface area contributed by atoms with Gasteiger partial charge in [0.2, 0.25) is 0 Å². The maximum Gasteiger partial charge on any atom is 0.417 e. The Balaban J connectivity index is 2.47. The van der Waals surface area contributed by atoms with Crippen molar-refractivity contribution < 1.29 is 14.3 Å². The molecule has 0 atom stereocenters. The van der Waals surface area contributed by atoms with Crippen LogP contribution in [0.2, 0.25) is 5.02 Å². The Morgan fingerprint density at radius 3 is 1.89 bits per heavy atom. The molecule has 28 heavy (non-hydrogen) atoms. The number of rotatable bonds is 4. The van der Waals surface area contributed by atoms with E-state index < -0.39 is 6.09 Å². The van der Waals surface area contributed by atoms with Gasteiger partial charge in [0, 0.05) is 28.9 Å². The molecule has 0 heterocycles. The maximum absolute atomic E-state index is 12.6. The molecular weight excluding hydrogens is 374 g/mol. The van der Waals surface area contributed by atoms with Crippen molar-refractivity contribution in [1.29, 1.82) is 0 Å². The average molecular weight is 404 g/mol. The van der Waals surface area contributed by atoms with Gasteiger partial charge in [0.25, 0.3) is 0 Å². The smallest absolute Gasteiger partial charge is 0.409 e. The van der Waals surface area contributed by atoms with Crippen LogP contribution < -0.4 is 10.1 Å². The summed E-state index contributed by atoms with van der Waals surface area (Å²) in [5.41, 5.74) is 3.21. The molecule has 1 N–H and O–H groups in total. The summed E-state index contributed by atoms with van der Waals surface area (Å²) < 4.78 is 11.2. The summed E-state index contributed by atoms with van der Waals surface area (Å²) in [6.07, 6.45) is -0.530. The third-order valence-corrected chi connectivity index (χ3v) is 4.61. The van der Waals surface area contributed by atoms with E-state index in [2.05, 4.69) is 59.0 Å². The lowest BCUT2D eigenvalue weighted by molar-refractivity contribution is 0.184. The highest BCUT2D eigenvalue weighted by atomic mass is 35.5. The number of halogens is 1. The monoisotopic (exact) mass is 403 g/mol. The SMILES string of the molecule is COCc1cc(C(C)(C)C)c(OC(=O)Nc2ccc(Cl)cc2)c(C(C)(C)C)c1.